The molecule has 0 bridgehead atoms. The van der Waals surface area contributed by atoms with Crippen LogP contribution in [0.1, 0.15) is 37.2 Å². The van der Waals surface area contributed by atoms with Gasteiger partial charge in [-0.25, -0.2) is 0 Å². The Labute approximate surface area is 102 Å². The molecule has 0 aliphatic rings. The van der Waals surface area contributed by atoms with Crippen molar-refractivity contribution >= 4 is 5.91 Å². The SMILES string of the molecule is CC(C)CCn1cc(C(=O)NCCCN)nn1. The number of hydrogen-bond acceptors (Lipinski definition) is 4. The summed E-state index contributed by atoms with van der Waals surface area (Å²) in [5.41, 5.74) is 5.71. The second-order valence-electron chi connectivity index (χ2n) is 4.45. The largest absolute Gasteiger partial charge is 0.351 e. The average molecular weight is 239 g/mol. The first kappa shape index (κ1) is 13.6. The minimum absolute atomic E-state index is 0.186. The molecule has 6 heteroatoms. The molecule has 96 valence electrons. The number of nitrogens with two attached hydrogens (primary N) is 1. The van der Waals surface area contributed by atoms with E-state index in [0.29, 0.717) is 24.7 Å². The van der Waals surface area contributed by atoms with Crippen LogP contribution in [0.5, 0.6) is 0 Å². The quantitative estimate of drug-likeness (QED) is 0.674. The summed E-state index contributed by atoms with van der Waals surface area (Å²) in [5, 5.41) is 10.5. The highest BCUT2D eigenvalue weighted by molar-refractivity contribution is 5.91. The molecule has 1 aromatic heterocycles. The van der Waals surface area contributed by atoms with Crippen molar-refractivity contribution in [2.75, 3.05) is 13.1 Å². The lowest BCUT2D eigenvalue weighted by Gasteiger charge is -2.02. The first-order chi connectivity index (χ1) is 8.13. The Kier molecular flexibility index (Phi) is 5.62. The molecule has 0 aliphatic carbocycles. The molecule has 0 spiro atoms. The second kappa shape index (κ2) is 7.01. The van der Waals surface area contributed by atoms with Crippen LogP contribution in [0, 0.1) is 5.92 Å². The Bertz CT molecular complexity index is 347. The lowest BCUT2D eigenvalue weighted by Crippen LogP contribution is -2.26. The first-order valence-corrected chi connectivity index (χ1v) is 6.02. The third-order valence-corrected chi connectivity index (χ3v) is 2.37. The van der Waals surface area contributed by atoms with Gasteiger partial charge in [-0.05, 0) is 25.3 Å². The van der Waals surface area contributed by atoms with E-state index in [9.17, 15) is 4.79 Å². The smallest absolute Gasteiger partial charge is 0.273 e. The van der Waals surface area contributed by atoms with Crippen molar-refractivity contribution in [2.45, 2.75) is 33.2 Å². The molecule has 1 heterocycles. The number of nitrogens with one attached hydrogen (secondary N) is 1. The lowest BCUT2D eigenvalue weighted by molar-refractivity contribution is 0.0948. The van der Waals surface area contributed by atoms with E-state index >= 15 is 0 Å². The van der Waals surface area contributed by atoms with Gasteiger partial charge in [0.15, 0.2) is 5.69 Å². The van der Waals surface area contributed by atoms with Crippen LogP contribution >= 0.6 is 0 Å². The Hall–Kier alpha value is -1.43. The predicted molar refractivity (Wildman–Crippen MR) is 65.5 cm³/mol. The molecular formula is C11H21N5O. The average Bonchev–Trinajstić information content (AvgIpc) is 2.75. The van der Waals surface area contributed by atoms with Crippen molar-refractivity contribution in [2.24, 2.45) is 11.7 Å². The molecule has 0 unspecified atom stereocenters. The van der Waals surface area contributed by atoms with Crippen LogP contribution in [-0.4, -0.2) is 34.0 Å². The van der Waals surface area contributed by atoms with Crippen molar-refractivity contribution in [1.82, 2.24) is 20.3 Å². The highest BCUT2D eigenvalue weighted by Crippen LogP contribution is 2.02. The van der Waals surface area contributed by atoms with Gasteiger partial charge >= 0.3 is 0 Å². The van der Waals surface area contributed by atoms with Gasteiger partial charge in [-0.1, -0.05) is 19.1 Å². The standard InChI is InChI=1S/C11H21N5O/c1-9(2)4-7-16-8-10(14-15-16)11(17)13-6-3-5-12/h8-9H,3-7,12H2,1-2H3,(H,13,17). The fraction of sp³-hybridized carbons (Fsp3) is 0.727. The molecule has 0 fully saturated rings. The van der Waals surface area contributed by atoms with Gasteiger partial charge in [-0.2, -0.15) is 0 Å². The molecule has 0 radical (unpaired) electrons. The molecule has 3 N–H and O–H groups in total. The molecule has 1 aromatic rings. The number of nitrogens with zero attached hydrogens (tertiary/aromatic N) is 3. The zero-order chi connectivity index (χ0) is 12.7. The Morgan fingerprint density at radius 3 is 3.00 bits per heavy atom. The summed E-state index contributed by atoms with van der Waals surface area (Å²) in [5.74, 6) is 0.426. The number of carbonyl (C=O) groups is 1. The van der Waals surface area contributed by atoms with E-state index in [1.807, 2.05) is 0 Å². The third-order valence-electron chi connectivity index (χ3n) is 2.37. The summed E-state index contributed by atoms with van der Waals surface area (Å²) in [7, 11) is 0. The molecule has 0 atom stereocenters. The van der Waals surface area contributed by atoms with Crippen LogP contribution in [0.25, 0.3) is 0 Å². The van der Waals surface area contributed by atoms with Gasteiger partial charge in [-0.15, -0.1) is 5.10 Å². The van der Waals surface area contributed by atoms with Crippen LogP contribution in [0.3, 0.4) is 0 Å². The van der Waals surface area contributed by atoms with E-state index in [4.69, 9.17) is 5.73 Å². The van der Waals surface area contributed by atoms with E-state index in [1.54, 1.807) is 10.9 Å². The second-order valence-corrected chi connectivity index (χ2v) is 4.45. The lowest BCUT2D eigenvalue weighted by atomic mass is 10.1. The van der Waals surface area contributed by atoms with Gasteiger partial charge in [0.05, 0.1) is 6.20 Å². The molecule has 0 aliphatic heterocycles. The fourth-order valence-corrected chi connectivity index (χ4v) is 1.30. The summed E-state index contributed by atoms with van der Waals surface area (Å²) in [6.07, 6.45) is 3.48. The molecule has 0 saturated heterocycles. The highest BCUT2D eigenvalue weighted by atomic mass is 16.2. The van der Waals surface area contributed by atoms with Crippen molar-refractivity contribution < 1.29 is 4.79 Å². The zero-order valence-corrected chi connectivity index (χ0v) is 10.5. The van der Waals surface area contributed by atoms with Crippen molar-refractivity contribution in [3.05, 3.63) is 11.9 Å². The first-order valence-electron chi connectivity index (χ1n) is 6.02. The number of carbonyl (C=O) groups excluding carboxylic acids is 1. The van der Waals surface area contributed by atoms with Gasteiger partial charge in [0.25, 0.3) is 5.91 Å². The van der Waals surface area contributed by atoms with E-state index < -0.39 is 0 Å². The molecule has 17 heavy (non-hydrogen) atoms. The molecule has 1 amide bonds. The summed E-state index contributed by atoms with van der Waals surface area (Å²) >= 11 is 0. The van der Waals surface area contributed by atoms with Crippen LogP contribution in [0.15, 0.2) is 6.20 Å². The maximum absolute atomic E-state index is 11.6. The van der Waals surface area contributed by atoms with E-state index in [-0.39, 0.29) is 5.91 Å². The van der Waals surface area contributed by atoms with Crippen LogP contribution in [0.2, 0.25) is 0 Å². The van der Waals surface area contributed by atoms with Crippen molar-refractivity contribution in [1.29, 1.82) is 0 Å². The van der Waals surface area contributed by atoms with E-state index in [1.165, 1.54) is 0 Å². The van der Waals surface area contributed by atoms with Crippen molar-refractivity contribution in [3.8, 4) is 0 Å². The van der Waals surface area contributed by atoms with E-state index in [2.05, 4.69) is 29.5 Å². The minimum Gasteiger partial charge on any atom is -0.351 e. The van der Waals surface area contributed by atoms with Gasteiger partial charge in [0, 0.05) is 13.1 Å². The number of aryl methyl sites for hydroxylation is 1. The summed E-state index contributed by atoms with van der Waals surface area (Å²) in [4.78, 5) is 11.6. The maximum atomic E-state index is 11.6. The Morgan fingerprint density at radius 2 is 2.35 bits per heavy atom. The maximum Gasteiger partial charge on any atom is 0.273 e. The highest BCUT2D eigenvalue weighted by Gasteiger charge is 2.09. The molecular weight excluding hydrogens is 218 g/mol. The molecule has 0 saturated carbocycles. The van der Waals surface area contributed by atoms with Gasteiger partial charge in [0.1, 0.15) is 0 Å². The number of aromatic nitrogens is 3. The Balaban J connectivity index is 2.41. The Morgan fingerprint density at radius 1 is 1.59 bits per heavy atom. The zero-order valence-electron chi connectivity index (χ0n) is 10.5. The third kappa shape index (κ3) is 4.95. The van der Waals surface area contributed by atoms with Crippen LogP contribution in [0.4, 0.5) is 0 Å². The number of rotatable bonds is 7. The molecule has 6 nitrogen and oxygen atoms in total. The van der Waals surface area contributed by atoms with Gasteiger partial charge in [-0.3, -0.25) is 9.48 Å². The summed E-state index contributed by atoms with van der Waals surface area (Å²) in [6.45, 7) is 6.24. The van der Waals surface area contributed by atoms with Crippen LogP contribution in [-0.2, 0) is 6.54 Å². The normalized spacial score (nSPS) is 10.8. The monoisotopic (exact) mass is 239 g/mol. The summed E-state index contributed by atoms with van der Waals surface area (Å²) in [6, 6.07) is 0. The van der Waals surface area contributed by atoms with Crippen molar-refractivity contribution in [3.63, 3.8) is 0 Å². The van der Waals surface area contributed by atoms with E-state index in [0.717, 1.165) is 19.4 Å². The van der Waals surface area contributed by atoms with Gasteiger partial charge < -0.3 is 11.1 Å². The number of hydrogen-bond donors (Lipinski definition) is 2. The molecule has 0 aromatic carbocycles. The van der Waals surface area contributed by atoms with Gasteiger partial charge in [0.2, 0.25) is 0 Å². The summed E-state index contributed by atoms with van der Waals surface area (Å²) < 4.78 is 1.71. The topological polar surface area (TPSA) is 85.8 Å². The van der Waals surface area contributed by atoms with Crippen LogP contribution < -0.4 is 11.1 Å². The predicted octanol–water partition coefficient (Wildman–Crippen LogP) is 0.403. The minimum atomic E-state index is -0.186. The fourth-order valence-electron chi connectivity index (χ4n) is 1.30. The molecule has 1 rings (SSSR count). The number of amides is 1.